The molecule has 4 rings (SSSR count). The topological polar surface area (TPSA) is 73.0 Å². The van der Waals surface area contributed by atoms with E-state index in [2.05, 4.69) is 5.32 Å². The fourth-order valence-electron chi connectivity index (χ4n) is 4.09. The molecule has 0 bridgehead atoms. The predicted octanol–water partition coefficient (Wildman–Crippen LogP) is 2.86. The minimum atomic E-state index is -0.500. The van der Waals surface area contributed by atoms with Gasteiger partial charge in [-0.2, -0.15) is 0 Å². The fraction of sp³-hybridized carbons (Fsp3) is 0.348. The Morgan fingerprint density at radius 1 is 1.00 bits per heavy atom. The summed E-state index contributed by atoms with van der Waals surface area (Å²) in [7, 11) is 0. The molecule has 1 N–H and O–H groups in total. The van der Waals surface area contributed by atoms with Gasteiger partial charge in [0.05, 0.1) is 11.6 Å². The smallest absolute Gasteiger partial charge is 0.321 e. The molecule has 2 aromatic carbocycles. The van der Waals surface area contributed by atoms with Crippen LogP contribution in [0.3, 0.4) is 0 Å². The molecule has 1 unspecified atom stereocenters. The van der Waals surface area contributed by atoms with Crippen LogP contribution < -0.4 is 10.2 Å². The van der Waals surface area contributed by atoms with Crippen molar-refractivity contribution in [2.75, 3.05) is 42.9 Å². The number of urea groups is 1. The van der Waals surface area contributed by atoms with Gasteiger partial charge in [0, 0.05) is 44.8 Å². The maximum atomic E-state index is 14.1. The second-order valence-corrected chi connectivity index (χ2v) is 7.97. The minimum absolute atomic E-state index is 0.0707. The van der Waals surface area contributed by atoms with E-state index in [1.807, 2.05) is 31.2 Å². The van der Waals surface area contributed by atoms with E-state index in [1.54, 1.807) is 28.0 Å². The first kappa shape index (κ1) is 20.8. The molecule has 2 fully saturated rings. The summed E-state index contributed by atoms with van der Waals surface area (Å²) in [4.78, 5) is 42.6. The van der Waals surface area contributed by atoms with E-state index >= 15 is 0 Å². The molecule has 7 nitrogen and oxygen atoms in total. The van der Waals surface area contributed by atoms with Crippen LogP contribution in [0.5, 0.6) is 0 Å². The van der Waals surface area contributed by atoms with Crippen molar-refractivity contribution in [3.8, 4) is 0 Å². The largest absolute Gasteiger partial charge is 0.339 e. The number of anilines is 2. The molecule has 2 aromatic rings. The monoisotopic (exact) mass is 424 g/mol. The van der Waals surface area contributed by atoms with Gasteiger partial charge >= 0.3 is 6.03 Å². The number of nitrogens with zero attached hydrogens (tertiary/aromatic N) is 3. The second-order valence-electron chi connectivity index (χ2n) is 7.97. The molecule has 0 saturated carbocycles. The van der Waals surface area contributed by atoms with Crippen LogP contribution in [0.25, 0.3) is 0 Å². The van der Waals surface area contributed by atoms with E-state index in [-0.39, 0.29) is 36.5 Å². The molecule has 162 valence electrons. The maximum Gasteiger partial charge on any atom is 0.321 e. The van der Waals surface area contributed by atoms with Crippen molar-refractivity contribution in [1.29, 1.82) is 0 Å². The van der Waals surface area contributed by atoms with Crippen molar-refractivity contribution in [1.82, 2.24) is 9.80 Å². The van der Waals surface area contributed by atoms with Crippen LogP contribution in [-0.2, 0) is 9.59 Å². The Kier molecular flexibility index (Phi) is 5.88. The van der Waals surface area contributed by atoms with Crippen LogP contribution >= 0.6 is 0 Å². The van der Waals surface area contributed by atoms with E-state index in [0.717, 1.165) is 11.3 Å². The van der Waals surface area contributed by atoms with Crippen LogP contribution in [0.15, 0.2) is 48.5 Å². The molecule has 1 atom stereocenters. The van der Waals surface area contributed by atoms with Crippen molar-refractivity contribution in [2.45, 2.75) is 13.3 Å². The van der Waals surface area contributed by atoms with E-state index in [4.69, 9.17) is 0 Å². The highest BCUT2D eigenvalue weighted by Crippen LogP contribution is 2.28. The lowest BCUT2D eigenvalue weighted by Crippen LogP contribution is -2.53. The van der Waals surface area contributed by atoms with E-state index in [9.17, 15) is 18.8 Å². The number of rotatable bonds is 3. The van der Waals surface area contributed by atoms with Gasteiger partial charge in [0.15, 0.2) is 0 Å². The Morgan fingerprint density at radius 3 is 2.42 bits per heavy atom. The summed E-state index contributed by atoms with van der Waals surface area (Å²) in [6, 6.07) is 13.5. The molecule has 2 aliphatic rings. The molecule has 2 saturated heterocycles. The maximum absolute atomic E-state index is 14.1. The summed E-state index contributed by atoms with van der Waals surface area (Å²) >= 11 is 0. The van der Waals surface area contributed by atoms with Gasteiger partial charge in [0.25, 0.3) is 0 Å². The number of halogens is 1. The molecular formula is C23H25FN4O3. The SMILES string of the molecule is Cc1cccc(NC(=O)N2CCN(C(=O)C3CC(=O)N(c4ccccc4F)C3)CC2)c1. The third-order valence-corrected chi connectivity index (χ3v) is 5.77. The molecule has 0 spiro atoms. The van der Waals surface area contributed by atoms with Crippen LogP contribution in [0.4, 0.5) is 20.6 Å². The number of hydrogen-bond acceptors (Lipinski definition) is 3. The second kappa shape index (κ2) is 8.75. The molecular weight excluding hydrogens is 399 g/mol. The lowest BCUT2D eigenvalue weighted by Gasteiger charge is -2.35. The van der Waals surface area contributed by atoms with E-state index in [1.165, 1.54) is 11.0 Å². The Labute approximate surface area is 180 Å². The zero-order valence-electron chi connectivity index (χ0n) is 17.4. The number of nitrogens with one attached hydrogen (secondary N) is 1. The van der Waals surface area contributed by atoms with Crippen molar-refractivity contribution in [2.24, 2.45) is 5.92 Å². The standard InChI is InChI=1S/C23H25FN4O3/c1-16-5-4-6-18(13-16)25-23(31)27-11-9-26(10-12-27)22(30)17-14-21(29)28(15-17)20-8-3-2-7-19(20)24/h2-8,13,17H,9-12,14-15H2,1H3,(H,25,31). The number of benzene rings is 2. The van der Waals surface area contributed by atoms with Gasteiger partial charge in [0.1, 0.15) is 5.82 Å². The Morgan fingerprint density at radius 2 is 1.71 bits per heavy atom. The number of piperazine rings is 1. The first-order chi connectivity index (χ1) is 14.9. The first-order valence-electron chi connectivity index (χ1n) is 10.4. The summed E-state index contributed by atoms with van der Waals surface area (Å²) in [5.74, 6) is -1.34. The summed E-state index contributed by atoms with van der Waals surface area (Å²) in [6.45, 7) is 3.78. The third-order valence-electron chi connectivity index (χ3n) is 5.77. The molecule has 31 heavy (non-hydrogen) atoms. The number of carbonyl (C=O) groups excluding carboxylic acids is 3. The fourth-order valence-corrected chi connectivity index (χ4v) is 4.09. The van der Waals surface area contributed by atoms with E-state index in [0.29, 0.717) is 26.2 Å². The molecule has 0 radical (unpaired) electrons. The average Bonchev–Trinajstić information content (AvgIpc) is 3.15. The van der Waals surface area contributed by atoms with E-state index < -0.39 is 11.7 Å². The Bertz CT molecular complexity index is 1000. The van der Waals surface area contributed by atoms with Gasteiger partial charge in [-0.3, -0.25) is 9.59 Å². The highest BCUT2D eigenvalue weighted by atomic mass is 19.1. The molecule has 0 aliphatic carbocycles. The van der Waals surface area contributed by atoms with Crippen LogP contribution in [-0.4, -0.2) is 60.4 Å². The molecule has 8 heteroatoms. The molecule has 2 aliphatic heterocycles. The van der Waals surface area contributed by atoms with Gasteiger partial charge in [-0.15, -0.1) is 0 Å². The highest BCUT2D eigenvalue weighted by Gasteiger charge is 2.39. The van der Waals surface area contributed by atoms with Crippen LogP contribution in [0.1, 0.15) is 12.0 Å². The quantitative estimate of drug-likeness (QED) is 0.824. The number of para-hydroxylation sites is 1. The Hall–Kier alpha value is -3.42. The predicted molar refractivity (Wildman–Crippen MR) is 115 cm³/mol. The number of aryl methyl sites for hydroxylation is 1. The minimum Gasteiger partial charge on any atom is -0.339 e. The van der Waals surface area contributed by atoms with Crippen molar-refractivity contribution < 1.29 is 18.8 Å². The molecule has 4 amide bonds. The zero-order valence-corrected chi connectivity index (χ0v) is 17.4. The summed E-state index contributed by atoms with van der Waals surface area (Å²) in [6.07, 6.45) is 0.0707. The summed E-state index contributed by atoms with van der Waals surface area (Å²) in [5.41, 5.74) is 2.01. The highest BCUT2D eigenvalue weighted by molar-refractivity contribution is 6.00. The zero-order chi connectivity index (χ0) is 22.0. The van der Waals surface area contributed by atoms with Gasteiger partial charge in [0.2, 0.25) is 11.8 Å². The molecule has 2 heterocycles. The summed E-state index contributed by atoms with van der Waals surface area (Å²) in [5, 5.41) is 2.88. The Balaban J connectivity index is 1.32. The number of amides is 4. The third kappa shape index (κ3) is 4.52. The summed E-state index contributed by atoms with van der Waals surface area (Å²) < 4.78 is 14.1. The van der Waals surface area contributed by atoms with Gasteiger partial charge in [-0.1, -0.05) is 24.3 Å². The van der Waals surface area contributed by atoms with Crippen LogP contribution in [0, 0.1) is 18.7 Å². The van der Waals surface area contributed by atoms with Crippen molar-refractivity contribution >= 4 is 29.2 Å². The first-order valence-corrected chi connectivity index (χ1v) is 10.4. The van der Waals surface area contributed by atoms with Crippen molar-refractivity contribution in [3.05, 3.63) is 59.9 Å². The number of carbonyl (C=O) groups is 3. The number of hydrogen-bond donors (Lipinski definition) is 1. The molecule has 0 aromatic heterocycles. The van der Waals surface area contributed by atoms with Gasteiger partial charge in [-0.25, -0.2) is 9.18 Å². The van der Waals surface area contributed by atoms with Crippen molar-refractivity contribution in [3.63, 3.8) is 0 Å². The lowest BCUT2D eigenvalue weighted by molar-refractivity contribution is -0.137. The normalized spacial score (nSPS) is 19.0. The lowest BCUT2D eigenvalue weighted by atomic mass is 10.1. The average molecular weight is 424 g/mol. The van der Waals surface area contributed by atoms with Gasteiger partial charge < -0.3 is 20.0 Å². The van der Waals surface area contributed by atoms with Gasteiger partial charge in [-0.05, 0) is 36.8 Å². The van der Waals surface area contributed by atoms with Crippen LogP contribution in [0.2, 0.25) is 0 Å².